The van der Waals surface area contributed by atoms with Gasteiger partial charge < -0.3 is 10.6 Å². The van der Waals surface area contributed by atoms with Crippen molar-refractivity contribution >= 4 is 5.91 Å². The summed E-state index contributed by atoms with van der Waals surface area (Å²) in [5.74, 6) is 0.330. The number of hydrogen-bond donors (Lipinski definition) is 1. The number of piperidine rings is 1. The molecule has 0 bridgehead atoms. The fourth-order valence-electron chi connectivity index (χ4n) is 4.21. The Morgan fingerprint density at radius 3 is 2.41 bits per heavy atom. The van der Waals surface area contributed by atoms with E-state index < -0.39 is 0 Å². The molecule has 0 aromatic heterocycles. The van der Waals surface area contributed by atoms with Crippen molar-refractivity contribution < 1.29 is 4.79 Å². The molecule has 1 saturated heterocycles. The summed E-state index contributed by atoms with van der Waals surface area (Å²) in [5, 5.41) is 0. The normalized spacial score (nSPS) is 26.9. The van der Waals surface area contributed by atoms with Crippen LogP contribution in [0.1, 0.15) is 51.5 Å². The van der Waals surface area contributed by atoms with Gasteiger partial charge in [-0.1, -0.05) is 57.0 Å². The maximum absolute atomic E-state index is 13.4. The van der Waals surface area contributed by atoms with Gasteiger partial charge >= 0.3 is 0 Å². The first-order chi connectivity index (χ1) is 10.5. The maximum Gasteiger partial charge on any atom is 0.233 e. The van der Waals surface area contributed by atoms with Crippen LogP contribution in [0.3, 0.4) is 0 Å². The molecule has 0 radical (unpaired) electrons. The molecule has 1 aromatic rings. The summed E-state index contributed by atoms with van der Waals surface area (Å²) < 4.78 is 0. The van der Waals surface area contributed by atoms with Crippen molar-refractivity contribution in [3.05, 3.63) is 35.9 Å². The first-order valence-electron chi connectivity index (χ1n) is 8.56. The van der Waals surface area contributed by atoms with Crippen LogP contribution in [0.15, 0.2) is 30.3 Å². The first kappa shape index (κ1) is 15.5. The molecule has 3 nitrogen and oxygen atoms in total. The van der Waals surface area contributed by atoms with E-state index in [4.69, 9.17) is 5.73 Å². The molecule has 0 spiro atoms. The summed E-state index contributed by atoms with van der Waals surface area (Å²) >= 11 is 0. The van der Waals surface area contributed by atoms with E-state index in [9.17, 15) is 4.79 Å². The monoisotopic (exact) mass is 300 g/mol. The second kappa shape index (κ2) is 5.69. The molecule has 1 aromatic carbocycles. The second-order valence-corrected chi connectivity index (χ2v) is 7.77. The van der Waals surface area contributed by atoms with Gasteiger partial charge in [-0.2, -0.15) is 0 Å². The predicted molar refractivity (Wildman–Crippen MR) is 89.5 cm³/mol. The minimum Gasteiger partial charge on any atom is -0.341 e. The molecule has 2 fully saturated rings. The third kappa shape index (κ3) is 2.56. The molecule has 1 aliphatic heterocycles. The van der Waals surface area contributed by atoms with Crippen molar-refractivity contribution in [1.29, 1.82) is 0 Å². The van der Waals surface area contributed by atoms with Crippen LogP contribution in [-0.4, -0.2) is 29.9 Å². The van der Waals surface area contributed by atoms with E-state index >= 15 is 0 Å². The van der Waals surface area contributed by atoms with E-state index in [2.05, 4.69) is 43.0 Å². The summed E-state index contributed by atoms with van der Waals surface area (Å²) in [7, 11) is 0. The number of nitrogens with two attached hydrogens (primary N) is 1. The average molecular weight is 300 g/mol. The smallest absolute Gasteiger partial charge is 0.233 e. The lowest BCUT2D eigenvalue weighted by Crippen LogP contribution is -2.57. The molecule has 1 amide bonds. The van der Waals surface area contributed by atoms with E-state index in [1.165, 1.54) is 5.56 Å². The van der Waals surface area contributed by atoms with Gasteiger partial charge in [0.2, 0.25) is 5.91 Å². The largest absolute Gasteiger partial charge is 0.341 e. The summed E-state index contributed by atoms with van der Waals surface area (Å²) in [6.07, 6.45) is 5.18. The maximum atomic E-state index is 13.4. The lowest BCUT2D eigenvalue weighted by atomic mass is 9.75. The Bertz CT molecular complexity index is 532. The van der Waals surface area contributed by atoms with Crippen molar-refractivity contribution in [2.24, 2.45) is 11.1 Å². The van der Waals surface area contributed by atoms with Crippen molar-refractivity contribution in [3.63, 3.8) is 0 Å². The van der Waals surface area contributed by atoms with Crippen LogP contribution in [0.25, 0.3) is 0 Å². The van der Waals surface area contributed by atoms with Crippen LogP contribution in [0, 0.1) is 5.41 Å². The Morgan fingerprint density at radius 1 is 1.18 bits per heavy atom. The Hall–Kier alpha value is -1.35. The van der Waals surface area contributed by atoms with Gasteiger partial charge in [0.15, 0.2) is 0 Å². The summed E-state index contributed by atoms with van der Waals surface area (Å²) in [6, 6.07) is 10.6. The summed E-state index contributed by atoms with van der Waals surface area (Å²) in [6.45, 7) is 5.95. The quantitative estimate of drug-likeness (QED) is 0.912. The van der Waals surface area contributed by atoms with Crippen LogP contribution in [0.4, 0.5) is 0 Å². The van der Waals surface area contributed by atoms with Crippen LogP contribution < -0.4 is 5.73 Å². The van der Waals surface area contributed by atoms with Crippen LogP contribution in [0.2, 0.25) is 0 Å². The number of rotatable bonds is 2. The number of carbonyl (C=O) groups is 1. The highest BCUT2D eigenvalue weighted by Gasteiger charge is 2.47. The number of nitrogens with zero attached hydrogens (tertiary/aromatic N) is 1. The van der Waals surface area contributed by atoms with E-state index in [0.717, 1.165) is 45.2 Å². The average Bonchev–Trinajstić information content (AvgIpc) is 3.01. The Kier molecular flexibility index (Phi) is 4.02. The zero-order valence-corrected chi connectivity index (χ0v) is 13.8. The summed E-state index contributed by atoms with van der Waals surface area (Å²) in [5.41, 5.74) is 7.15. The molecular weight excluding hydrogens is 272 g/mol. The highest BCUT2D eigenvalue weighted by molar-refractivity contribution is 5.88. The van der Waals surface area contributed by atoms with E-state index in [1.807, 2.05) is 6.07 Å². The number of amides is 1. The van der Waals surface area contributed by atoms with Crippen LogP contribution in [0.5, 0.6) is 0 Å². The van der Waals surface area contributed by atoms with Gasteiger partial charge in [-0.15, -0.1) is 0 Å². The standard InChI is InChI=1S/C19H28N2O/c1-18(2)14-21(13-10-16(18)20)17(22)19(11-6-7-12-19)15-8-4-3-5-9-15/h3-5,8-9,16H,6-7,10-14,20H2,1-2H3. The third-order valence-corrected chi connectivity index (χ3v) is 5.79. The molecular formula is C19H28N2O. The molecule has 1 heterocycles. The molecule has 1 unspecified atom stereocenters. The number of benzene rings is 1. The fraction of sp³-hybridized carbons (Fsp3) is 0.632. The zero-order chi connectivity index (χ0) is 15.8. The summed E-state index contributed by atoms with van der Waals surface area (Å²) in [4.78, 5) is 15.5. The van der Waals surface area contributed by atoms with Crippen molar-refractivity contribution in [1.82, 2.24) is 4.90 Å². The van der Waals surface area contributed by atoms with E-state index in [1.54, 1.807) is 0 Å². The molecule has 2 N–H and O–H groups in total. The fourth-order valence-corrected chi connectivity index (χ4v) is 4.21. The topological polar surface area (TPSA) is 46.3 Å². The van der Waals surface area contributed by atoms with Gasteiger partial charge in [-0.05, 0) is 30.2 Å². The molecule has 2 aliphatic rings. The molecule has 1 atom stereocenters. The Labute approximate surface area is 133 Å². The van der Waals surface area contributed by atoms with E-state index in [0.29, 0.717) is 5.91 Å². The van der Waals surface area contributed by atoms with Crippen molar-refractivity contribution in [2.45, 2.75) is 57.4 Å². The zero-order valence-electron chi connectivity index (χ0n) is 13.8. The van der Waals surface area contributed by atoms with Crippen LogP contribution >= 0.6 is 0 Å². The third-order valence-electron chi connectivity index (χ3n) is 5.79. The van der Waals surface area contributed by atoms with Gasteiger partial charge in [-0.25, -0.2) is 0 Å². The van der Waals surface area contributed by atoms with Gasteiger partial charge in [0.1, 0.15) is 0 Å². The van der Waals surface area contributed by atoms with Crippen LogP contribution in [-0.2, 0) is 10.2 Å². The lowest BCUT2D eigenvalue weighted by molar-refractivity contribution is -0.140. The van der Waals surface area contributed by atoms with Gasteiger partial charge in [0, 0.05) is 19.1 Å². The van der Waals surface area contributed by atoms with Crippen molar-refractivity contribution in [3.8, 4) is 0 Å². The highest BCUT2D eigenvalue weighted by Crippen LogP contribution is 2.43. The molecule has 1 aliphatic carbocycles. The molecule has 3 rings (SSSR count). The second-order valence-electron chi connectivity index (χ2n) is 7.77. The minimum atomic E-state index is -0.293. The minimum absolute atomic E-state index is 0.00436. The SMILES string of the molecule is CC1(C)CN(C(=O)C2(c3ccccc3)CCCC2)CCC1N. The Balaban J connectivity index is 1.88. The number of carbonyl (C=O) groups excluding carboxylic acids is 1. The molecule has 1 saturated carbocycles. The van der Waals surface area contributed by atoms with Gasteiger partial charge in [0.25, 0.3) is 0 Å². The van der Waals surface area contributed by atoms with E-state index in [-0.39, 0.29) is 16.9 Å². The molecule has 22 heavy (non-hydrogen) atoms. The lowest BCUT2D eigenvalue weighted by Gasteiger charge is -2.45. The highest BCUT2D eigenvalue weighted by atomic mass is 16.2. The number of hydrogen-bond acceptors (Lipinski definition) is 2. The van der Waals surface area contributed by atoms with Gasteiger partial charge in [-0.3, -0.25) is 4.79 Å². The molecule has 120 valence electrons. The Morgan fingerprint density at radius 2 is 1.82 bits per heavy atom. The first-order valence-corrected chi connectivity index (χ1v) is 8.56. The predicted octanol–water partition coefficient (Wildman–Crippen LogP) is 3.08. The van der Waals surface area contributed by atoms with Gasteiger partial charge in [0.05, 0.1) is 5.41 Å². The van der Waals surface area contributed by atoms with Crippen molar-refractivity contribution in [2.75, 3.05) is 13.1 Å². The molecule has 3 heteroatoms. The number of likely N-dealkylation sites (tertiary alicyclic amines) is 1.